The van der Waals surface area contributed by atoms with E-state index in [2.05, 4.69) is 22.7 Å². The molecule has 2 N–H and O–H groups in total. The van der Waals surface area contributed by atoms with Gasteiger partial charge in [-0.05, 0) is 19.4 Å². The largest absolute Gasteiger partial charge is 0.324 e. The van der Waals surface area contributed by atoms with Gasteiger partial charge in [0.2, 0.25) is 5.96 Å². The Balaban J connectivity index is 2.74. The summed E-state index contributed by atoms with van der Waals surface area (Å²) < 4.78 is 0. The van der Waals surface area contributed by atoms with Crippen LogP contribution >= 0.6 is 0 Å². The molecule has 0 amide bonds. The van der Waals surface area contributed by atoms with Gasteiger partial charge in [-0.25, -0.2) is 5.48 Å². The van der Waals surface area contributed by atoms with E-state index in [0.29, 0.717) is 24.8 Å². The number of benzene rings is 1. The Kier molecular flexibility index (Phi) is 7.05. The smallest absolute Gasteiger partial charge is 0.271 e. The van der Waals surface area contributed by atoms with Gasteiger partial charge in [-0.15, -0.1) is 0 Å². The number of nitrogens with one attached hydrogen (secondary N) is 2. The van der Waals surface area contributed by atoms with E-state index >= 15 is 0 Å². The van der Waals surface area contributed by atoms with Crippen molar-refractivity contribution in [3.05, 3.63) is 34.4 Å². The fraction of sp³-hybridized carbons (Fsp3) is 0.462. The predicted octanol–water partition coefficient (Wildman–Crippen LogP) is 2.70. The van der Waals surface area contributed by atoms with Gasteiger partial charge < -0.3 is 5.32 Å². The quantitative estimate of drug-likeness (QED) is 0.263. The molecule has 0 saturated heterocycles. The first-order valence-corrected chi connectivity index (χ1v) is 6.61. The molecule has 7 heteroatoms. The molecular formula is C13H20N4O3. The van der Waals surface area contributed by atoms with Gasteiger partial charge in [0.1, 0.15) is 0 Å². The zero-order valence-corrected chi connectivity index (χ0v) is 11.8. The molecule has 0 spiro atoms. The summed E-state index contributed by atoms with van der Waals surface area (Å²) in [6.07, 6.45) is 2.01. The van der Waals surface area contributed by atoms with E-state index in [9.17, 15) is 10.1 Å². The van der Waals surface area contributed by atoms with Crippen molar-refractivity contribution in [2.24, 2.45) is 4.99 Å². The van der Waals surface area contributed by atoms with Crippen molar-refractivity contribution in [3.8, 4) is 0 Å². The lowest BCUT2D eigenvalue weighted by Crippen LogP contribution is -2.31. The number of guanidine groups is 1. The van der Waals surface area contributed by atoms with Crippen molar-refractivity contribution in [1.82, 2.24) is 5.48 Å². The number of hydrogen-bond donors (Lipinski definition) is 2. The van der Waals surface area contributed by atoms with E-state index in [1.807, 2.05) is 6.92 Å². The molecule has 1 aromatic carbocycles. The van der Waals surface area contributed by atoms with E-state index < -0.39 is 4.92 Å². The maximum atomic E-state index is 10.7. The van der Waals surface area contributed by atoms with Gasteiger partial charge >= 0.3 is 0 Å². The molecule has 1 aromatic rings. The number of aliphatic imine (C=N–C) groups is 1. The second kappa shape index (κ2) is 8.87. The summed E-state index contributed by atoms with van der Waals surface area (Å²) in [5, 5.41) is 13.7. The van der Waals surface area contributed by atoms with Crippen LogP contribution in [0.5, 0.6) is 0 Å². The van der Waals surface area contributed by atoms with Gasteiger partial charge in [0, 0.05) is 24.4 Å². The maximum absolute atomic E-state index is 10.7. The summed E-state index contributed by atoms with van der Waals surface area (Å²) in [5.74, 6) is 0.445. The SMILES string of the molecule is CCCCN=C(NOCC)Nc1cccc([N+](=O)[O-])c1. The van der Waals surface area contributed by atoms with Crippen LogP contribution in [0.1, 0.15) is 26.7 Å². The van der Waals surface area contributed by atoms with E-state index in [0.717, 1.165) is 12.8 Å². The van der Waals surface area contributed by atoms with Crippen LogP contribution in [-0.4, -0.2) is 24.0 Å². The van der Waals surface area contributed by atoms with Crippen molar-refractivity contribution in [2.45, 2.75) is 26.7 Å². The Morgan fingerprint density at radius 2 is 2.25 bits per heavy atom. The molecule has 0 bridgehead atoms. The lowest BCUT2D eigenvalue weighted by atomic mass is 10.3. The number of anilines is 1. The van der Waals surface area contributed by atoms with E-state index in [1.54, 1.807) is 12.1 Å². The molecule has 0 radical (unpaired) electrons. The molecule has 110 valence electrons. The molecule has 0 aliphatic carbocycles. The molecule has 7 nitrogen and oxygen atoms in total. The third-order valence-electron chi connectivity index (χ3n) is 2.41. The lowest BCUT2D eigenvalue weighted by molar-refractivity contribution is -0.384. The Hall–Kier alpha value is -2.15. The van der Waals surface area contributed by atoms with Gasteiger partial charge in [0.25, 0.3) is 5.69 Å². The molecule has 1 rings (SSSR count). The second-order valence-electron chi connectivity index (χ2n) is 4.05. The fourth-order valence-corrected chi connectivity index (χ4v) is 1.42. The minimum Gasteiger partial charge on any atom is -0.324 e. The number of nitro benzene ring substituents is 1. The van der Waals surface area contributed by atoms with Gasteiger partial charge in [0.15, 0.2) is 0 Å². The maximum Gasteiger partial charge on any atom is 0.271 e. The predicted molar refractivity (Wildman–Crippen MR) is 78.7 cm³/mol. The molecule has 0 fully saturated rings. The van der Waals surface area contributed by atoms with Crippen molar-refractivity contribution in [3.63, 3.8) is 0 Å². The summed E-state index contributed by atoms with van der Waals surface area (Å²) >= 11 is 0. The summed E-state index contributed by atoms with van der Waals surface area (Å²) in [6, 6.07) is 6.23. The first-order valence-electron chi connectivity index (χ1n) is 6.61. The number of rotatable bonds is 7. The highest BCUT2D eigenvalue weighted by molar-refractivity contribution is 5.93. The van der Waals surface area contributed by atoms with Crippen LogP contribution < -0.4 is 10.8 Å². The average Bonchev–Trinajstić information content (AvgIpc) is 2.45. The summed E-state index contributed by atoms with van der Waals surface area (Å²) in [4.78, 5) is 19.7. The summed E-state index contributed by atoms with van der Waals surface area (Å²) in [7, 11) is 0. The highest BCUT2D eigenvalue weighted by Crippen LogP contribution is 2.16. The molecule has 0 aliphatic rings. The van der Waals surface area contributed by atoms with Crippen molar-refractivity contribution in [2.75, 3.05) is 18.5 Å². The molecule has 0 atom stereocenters. The van der Waals surface area contributed by atoms with Gasteiger partial charge in [-0.3, -0.25) is 19.9 Å². The van der Waals surface area contributed by atoms with Crippen LogP contribution in [0.2, 0.25) is 0 Å². The highest BCUT2D eigenvalue weighted by atomic mass is 16.6. The molecule has 20 heavy (non-hydrogen) atoms. The Bertz CT molecular complexity index is 463. The number of unbranched alkanes of at least 4 members (excludes halogenated alkanes) is 1. The molecule has 0 heterocycles. The van der Waals surface area contributed by atoms with E-state index in [-0.39, 0.29) is 5.69 Å². The van der Waals surface area contributed by atoms with Crippen LogP contribution in [0.25, 0.3) is 0 Å². The van der Waals surface area contributed by atoms with Crippen molar-refractivity contribution in [1.29, 1.82) is 0 Å². The van der Waals surface area contributed by atoms with Gasteiger partial charge in [-0.2, -0.15) is 0 Å². The molecule has 0 unspecified atom stereocenters. The molecule has 0 aliphatic heterocycles. The molecule has 0 aromatic heterocycles. The Morgan fingerprint density at radius 1 is 1.45 bits per heavy atom. The standard InChI is InChI=1S/C13H20N4O3/c1-3-5-9-14-13(16-20-4-2)15-11-7-6-8-12(10-11)17(18)19/h6-8,10H,3-5,9H2,1-2H3,(H2,14,15,16). The highest BCUT2D eigenvalue weighted by Gasteiger charge is 2.07. The normalized spacial score (nSPS) is 11.2. The zero-order chi connectivity index (χ0) is 14.8. The lowest BCUT2D eigenvalue weighted by Gasteiger charge is -2.11. The Morgan fingerprint density at radius 3 is 2.90 bits per heavy atom. The van der Waals surface area contributed by atoms with Gasteiger partial charge in [-0.1, -0.05) is 19.4 Å². The fourth-order valence-electron chi connectivity index (χ4n) is 1.42. The van der Waals surface area contributed by atoms with Crippen LogP contribution in [0.4, 0.5) is 11.4 Å². The first-order chi connectivity index (χ1) is 9.67. The molecular weight excluding hydrogens is 260 g/mol. The Labute approximate surface area is 118 Å². The number of nitro groups is 1. The van der Waals surface area contributed by atoms with Crippen LogP contribution in [0.3, 0.4) is 0 Å². The minimum atomic E-state index is -0.435. The topological polar surface area (TPSA) is 88.8 Å². The van der Waals surface area contributed by atoms with Crippen molar-refractivity contribution >= 4 is 17.3 Å². The first kappa shape index (κ1) is 15.9. The number of non-ortho nitro benzene ring substituents is 1. The van der Waals surface area contributed by atoms with Crippen LogP contribution in [0.15, 0.2) is 29.3 Å². The van der Waals surface area contributed by atoms with E-state index in [1.165, 1.54) is 12.1 Å². The average molecular weight is 280 g/mol. The van der Waals surface area contributed by atoms with E-state index in [4.69, 9.17) is 4.84 Å². The minimum absolute atomic E-state index is 0.0271. The number of nitrogens with zero attached hydrogens (tertiary/aromatic N) is 2. The third kappa shape index (κ3) is 5.66. The zero-order valence-electron chi connectivity index (χ0n) is 11.8. The number of hydrogen-bond acceptors (Lipinski definition) is 4. The third-order valence-corrected chi connectivity index (χ3v) is 2.41. The van der Waals surface area contributed by atoms with Crippen molar-refractivity contribution < 1.29 is 9.76 Å². The second-order valence-corrected chi connectivity index (χ2v) is 4.05. The number of hydroxylamine groups is 1. The summed E-state index contributed by atoms with van der Waals surface area (Å²) in [5.41, 5.74) is 3.31. The monoisotopic (exact) mass is 280 g/mol. The van der Waals surface area contributed by atoms with Gasteiger partial charge in [0.05, 0.1) is 11.5 Å². The van der Waals surface area contributed by atoms with Crippen LogP contribution in [0, 0.1) is 10.1 Å². The summed E-state index contributed by atoms with van der Waals surface area (Å²) in [6.45, 7) is 5.08. The molecule has 0 saturated carbocycles. The van der Waals surface area contributed by atoms with Crippen LogP contribution in [-0.2, 0) is 4.84 Å².